The zero-order chi connectivity index (χ0) is 28.4. The van der Waals surface area contributed by atoms with E-state index in [9.17, 15) is 14.4 Å². The fourth-order valence-corrected chi connectivity index (χ4v) is 5.68. The van der Waals surface area contributed by atoms with Gasteiger partial charge in [0, 0.05) is 29.9 Å². The Hall–Kier alpha value is -3.81. The van der Waals surface area contributed by atoms with Crippen LogP contribution < -0.4 is 10.1 Å². The number of carbonyl (C=O) groups excluding carboxylic acids is 3. The van der Waals surface area contributed by atoms with Crippen molar-refractivity contribution in [3.8, 4) is 5.75 Å². The molecule has 5 rings (SSSR count). The Labute approximate surface area is 236 Å². The summed E-state index contributed by atoms with van der Waals surface area (Å²) in [7, 11) is 0. The molecule has 3 heterocycles. The SMILES string of the molecule is C=C1CCC(N2Cc3c(OCc4ccc(CC5CCN(C(=O)OC(C)(C)C)CC5)cc4)cccc3C2=O)C(=O)N1. The second kappa shape index (κ2) is 11.4. The first-order valence-corrected chi connectivity index (χ1v) is 14.2. The lowest BCUT2D eigenvalue weighted by molar-refractivity contribution is -0.126. The number of amides is 3. The number of allylic oxidation sites excluding steroid dienone is 1. The first kappa shape index (κ1) is 27.7. The Bertz CT molecular complexity index is 1290. The minimum absolute atomic E-state index is 0.130. The fraction of sp³-hybridized carbons (Fsp3) is 0.469. The van der Waals surface area contributed by atoms with Crippen molar-refractivity contribution in [1.82, 2.24) is 15.1 Å². The first-order valence-electron chi connectivity index (χ1n) is 14.2. The Balaban J connectivity index is 1.13. The molecule has 3 aliphatic heterocycles. The maximum absolute atomic E-state index is 13.1. The lowest BCUT2D eigenvalue weighted by Crippen LogP contribution is -2.49. The van der Waals surface area contributed by atoms with Gasteiger partial charge in [0.1, 0.15) is 24.0 Å². The van der Waals surface area contributed by atoms with Crippen LogP contribution in [0, 0.1) is 5.92 Å². The van der Waals surface area contributed by atoms with Crippen LogP contribution in [0.1, 0.15) is 73.5 Å². The summed E-state index contributed by atoms with van der Waals surface area (Å²) in [6, 6.07) is 13.5. The molecule has 1 N–H and O–H groups in total. The number of rotatable bonds is 6. The predicted octanol–water partition coefficient (Wildman–Crippen LogP) is 5.20. The van der Waals surface area contributed by atoms with Crippen LogP contribution in [0.2, 0.25) is 0 Å². The average molecular weight is 546 g/mol. The van der Waals surface area contributed by atoms with E-state index in [-0.39, 0.29) is 17.9 Å². The minimum atomic E-state index is -0.490. The van der Waals surface area contributed by atoms with E-state index in [1.165, 1.54) is 5.56 Å². The topological polar surface area (TPSA) is 88.2 Å². The average Bonchev–Trinajstić information content (AvgIpc) is 3.24. The number of carbonyl (C=O) groups is 3. The molecular formula is C32H39N3O5. The molecule has 40 heavy (non-hydrogen) atoms. The zero-order valence-electron chi connectivity index (χ0n) is 23.7. The maximum atomic E-state index is 13.1. The molecule has 2 aromatic rings. The summed E-state index contributed by atoms with van der Waals surface area (Å²) in [5.74, 6) is 0.912. The van der Waals surface area contributed by atoms with Crippen LogP contribution >= 0.6 is 0 Å². The van der Waals surface area contributed by atoms with E-state index in [2.05, 4.69) is 36.2 Å². The molecule has 0 spiro atoms. The highest BCUT2D eigenvalue weighted by atomic mass is 16.6. The van der Waals surface area contributed by atoms with Crippen LogP contribution in [-0.2, 0) is 29.1 Å². The Morgan fingerprint density at radius 3 is 2.40 bits per heavy atom. The lowest BCUT2D eigenvalue weighted by atomic mass is 9.90. The number of nitrogens with zero attached hydrogens (tertiary/aromatic N) is 2. The molecule has 0 bridgehead atoms. The Morgan fingerprint density at radius 2 is 1.73 bits per heavy atom. The third-order valence-electron chi connectivity index (χ3n) is 7.86. The van der Waals surface area contributed by atoms with E-state index in [1.54, 1.807) is 11.0 Å². The summed E-state index contributed by atoms with van der Waals surface area (Å²) >= 11 is 0. The highest BCUT2D eigenvalue weighted by molar-refractivity contribution is 6.02. The van der Waals surface area contributed by atoms with Crippen molar-refractivity contribution in [2.45, 2.75) is 77.7 Å². The van der Waals surface area contributed by atoms with Crippen LogP contribution in [0.5, 0.6) is 5.75 Å². The first-order chi connectivity index (χ1) is 19.1. The monoisotopic (exact) mass is 545 g/mol. The van der Waals surface area contributed by atoms with Gasteiger partial charge >= 0.3 is 6.09 Å². The van der Waals surface area contributed by atoms with Gasteiger partial charge in [0.05, 0.1) is 6.54 Å². The van der Waals surface area contributed by atoms with Crippen LogP contribution in [0.4, 0.5) is 4.79 Å². The number of hydrogen-bond acceptors (Lipinski definition) is 5. The zero-order valence-corrected chi connectivity index (χ0v) is 23.7. The van der Waals surface area contributed by atoms with Crippen molar-refractivity contribution in [3.63, 3.8) is 0 Å². The highest BCUT2D eigenvalue weighted by Gasteiger charge is 2.39. The molecule has 2 aromatic carbocycles. The molecule has 2 saturated heterocycles. The van der Waals surface area contributed by atoms with Gasteiger partial charge in [-0.2, -0.15) is 0 Å². The summed E-state index contributed by atoms with van der Waals surface area (Å²) in [5.41, 5.74) is 3.98. The summed E-state index contributed by atoms with van der Waals surface area (Å²) in [5, 5.41) is 2.78. The summed E-state index contributed by atoms with van der Waals surface area (Å²) in [6.45, 7) is 11.7. The van der Waals surface area contributed by atoms with Gasteiger partial charge < -0.3 is 24.6 Å². The van der Waals surface area contributed by atoms with Gasteiger partial charge in [-0.15, -0.1) is 0 Å². The quantitative estimate of drug-likeness (QED) is 0.539. The van der Waals surface area contributed by atoms with E-state index < -0.39 is 11.6 Å². The molecule has 0 radical (unpaired) electrons. The molecule has 0 aromatic heterocycles. The van der Waals surface area contributed by atoms with Gasteiger partial charge in [-0.05, 0) is 82.1 Å². The van der Waals surface area contributed by atoms with Crippen molar-refractivity contribution >= 4 is 17.9 Å². The standard InChI is InChI=1S/C32H39N3O5/c1-21-8-13-27(29(36)33-21)35-19-26-25(30(35)37)6-5-7-28(26)39-20-24-11-9-22(10-12-24)18-23-14-16-34(17-15-23)31(38)40-32(2,3)4/h5-7,9-12,23,27H,1,8,13-20H2,2-4H3,(H,33,36). The van der Waals surface area contributed by atoms with Crippen LogP contribution in [0.25, 0.3) is 0 Å². The number of piperidine rings is 2. The van der Waals surface area contributed by atoms with Gasteiger partial charge in [0.25, 0.3) is 5.91 Å². The number of fused-ring (bicyclic) bond motifs is 1. The van der Waals surface area contributed by atoms with Crippen LogP contribution in [0.3, 0.4) is 0 Å². The molecule has 3 aliphatic rings. The molecule has 1 unspecified atom stereocenters. The number of nitrogens with one attached hydrogen (secondary N) is 1. The molecule has 8 heteroatoms. The number of likely N-dealkylation sites (tertiary alicyclic amines) is 1. The normalized spacial score (nSPS) is 19.9. The molecule has 1 atom stereocenters. The summed E-state index contributed by atoms with van der Waals surface area (Å²) in [4.78, 5) is 41.4. The highest BCUT2D eigenvalue weighted by Crippen LogP contribution is 2.34. The van der Waals surface area contributed by atoms with E-state index >= 15 is 0 Å². The molecule has 2 fully saturated rings. The molecule has 212 valence electrons. The number of ether oxygens (including phenoxy) is 2. The molecule has 0 saturated carbocycles. The van der Waals surface area contributed by atoms with Crippen LogP contribution in [-0.4, -0.2) is 52.4 Å². The molecule has 0 aliphatic carbocycles. The van der Waals surface area contributed by atoms with Gasteiger partial charge in [-0.3, -0.25) is 9.59 Å². The largest absolute Gasteiger partial charge is 0.489 e. The smallest absolute Gasteiger partial charge is 0.410 e. The van der Waals surface area contributed by atoms with Crippen molar-refractivity contribution in [3.05, 3.63) is 77.0 Å². The maximum Gasteiger partial charge on any atom is 0.410 e. The van der Waals surface area contributed by atoms with Gasteiger partial charge in [-0.25, -0.2) is 4.79 Å². The van der Waals surface area contributed by atoms with Crippen molar-refractivity contribution in [2.75, 3.05) is 13.1 Å². The lowest BCUT2D eigenvalue weighted by Gasteiger charge is -2.33. The second-order valence-corrected chi connectivity index (χ2v) is 12.1. The fourth-order valence-electron chi connectivity index (χ4n) is 5.68. The summed E-state index contributed by atoms with van der Waals surface area (Å²) < 4.78 is 11.7. The minimum Gasteiger partial charge on any atom is -0.489 e. The second-order valence-electron chi connectivity index (χ2n) is 12.1. The third-order valence-corrected chi connectivity index (χ3v) is 7.86. The van der Waals surface area contributed by atoms with E-state index in [0.29, 0.717) is 48.9 Å². The van der Waals surface area contributed by atoms with Crippen molar-refractivity contribution < 1.29 is 23.9 Å². The Kier molecular flexibility index (Phi) is 7.88. The van der Waals surface area contributed by atoms with Crippen molar-refractivity contribution in [1.29, 1.82) is 0 Å². The van der Waals surface area contributed by atoms with Gasteiger partial charge in [0.2, 0.25) is 5.91 Å². The molecule has 8 nitrogen and oxygen atoms in total. The van der Waals surface area contributed by atoms with E-state index in [4.69, 9.17) is 9.47 Å². The van der Waals surface area contributed by atoms with Crippen molar-refractivity contribution in [2.24, 2.45) is 5.92 Å². The van der Waals surface area contributed by atoms with E-state index in [0.717, 1.165) is 43.5 Å². The molecule has 3 amide bonds. The van der Waals surface area contributed by atoms with E-state index in [1.807, 2.05) is 37.8 Å². The predicted molar refractivity (Wildman–Crippen MR) is 152 cm³/mol. The third kappa shape index (κ3) is 6.32. The van der Waals surface area contributed by atoms with Gasteiger partial charge in [0.15, 0.2) is 0 Å². The van der Waals surface area contributed by atoms with Crippen LogP contribution in [0.15, 0.2) is 54.7 Å². The summed E-state index contributed by atoms with van der Waals surface area (Å²) in [6.07, 6.45) is 3.95. The Morgan fingerprint density at radius 1 is 1.02 bits per heavy atom. The molecular weight excluding hydrogens is 506 g/mol. The number of hydrogen-bond donors (Lipinski definition) is 1. The van der Waals surface area contributed by atoms with Gasteiger partial charge in [-0.1, -0.05) is 36.9 Å². The number of benzene rings is 2.